The van der Waals surface area contributed by atoms with Crippen LogP contribution >= 0.6 is 0 Å². The van der Waals surface area contributed by atoms with Gasteiger partial charge in [0.25, 0.3) is 5.91 Å². The second-order valence-electron chi connectivity index (χ2n) is 8.54. The molecule has 1 aliphatic rings. The Labute approximate surface area is 215 Å². The van der Waals surface area contributed by atoms with Gasteiger partial charge in [-0.15, -0.1) is 0 Å². The van der Waals surface area contributed by atoms with Crippen LogP contribution in [-0.4, -0.2) is 50.1 Å². The van der Waals surface area contributed by atoms with Crippen molar-refractivity contribution < 1.29 is 27.5 Å². The lowest BCUT2D eigenvalue weighted by Gasteiger charge is -2.27. The Morgan fingerprint density at radius 3 is 2.24 bits per heavy atom. The largest absolute Gasteiger partial charge is 0.497 e. The van der Waals surface area contributed by atoms with Crippen LogP contribution in [0.5, 0.6) is 5.75 Å². The number of hydrogen-bond donors (Lipinski definition) is 1. The van der Waals surface area contributed by atoms with E-state index in [2.05, 4.69) is 5.32 Å². The third kappa shape index (κ3) is 5.71. The number of nitrogens with one attached hydrogen (secondary N) is 1. The number of carbonyl (C=O) groups is 3. The molecule has 0 radical (unpaired) electrons. The second kappa shape index (κ2) is 10.9. The molecule has 192 valence electrons. The molecule has 1 aliphatic heterocycles. The van der Waals surface area contributed by atoms with Crippen LogP contribution in [0.15, 0.2) is 83.8 Å². The summed E-state index contributed by atoms with van der Waals surface area (Å²) in [4.78, 5) is 38.8. The topological polar surface area (TPSA) is 113 Å². The Kier molecular flexibility index (Phi) is 7.70. The highest BCUT2D eigenvalue weighted by Crippen LogP contribution is 2.30. The van der Waals surface area contributed by atoms with E-state index in [0.717, 1.165) is 14.8 Å². The first-order valence-electron chi connectivity index (χ1n) is 11.6. The molecule has 3 amide bonds. The van der Waals surface area contributed by atoms with Crippen LogP contribution in [0.1, 0.15) is 18.9 Å². The smallest absolute Gasteiger partial charge is 0.252 e. The van der Waals surface area contributed by atoms with Gasteiger partial charge in [0.15, 0.2) is 0 Å². The summed E-state index contributed by atoms with van der Waals surface area (Å²) in [7, 11) is -2.65. The lowest BCUT2D eigenvalue weighted by atomic mass is 10.1. The third-order valence-corrected chi connectivity index (χ3v) is 7.97. The average molecular weight is 522 g/mol. The van der Waals surface area contributed by atoms with E-state index in [1.165, 1.54) is 50.4 Å². The highest BCUT2D eigenvalue weighted by molar-refractivity contribution is 7.89. The first kappa shape index (κ1) is 26.1. The van der Waals surface area contributed by atoms with Gasteiger partial charge in [0.1, 0.15) is 11.8 Å². The molecule has 37 heavy (non-hydrogen) atoms. The molecule has 1 saturated heterocycles. The molecule has 0 spiro atoms. The van der Waals surface area contributed by atoms with Gasteiger partial charge in [-0.3, -0.25) is 14.4 Å². The molecule has 3 aromatic carbocycles. The minimum Gasteiger partial charge on any atom is -0.497 e. The summed E-state index contributed by atoms with van der Waals surface area (Å²) < 4.78 is 33.7. The molecular weight excluding hydrogens is 494 g/mol. The van der Waals surface area contributed by atoms with Gasteiger partial charge in [0.2, 0.25) is 21.8 Å². The van der Waals surface area contributed by atoms with Crippen LogP contribution in [-0.2, 0) is 30.8 Å². The van der Waals surface area contributed by atoms with Gasteiger partial charge in [-0.1, -0.05) is 30.3 Å². The second-order valence-corrected chi connectivity index (χ2v) is 10.4. The summed E-state index contributed by atoms with van der Waals surface area (Å²) >= 11 is 0. The number of benzene rings is 3. The van der Waals surface area contributed by atoms with Crippen LogP contribution in [0.4, 0.5) is 11.4 Å². The van der Waals surface area contributed by atoms with E-state index in [-0.39, 0.29) is 23.8 Å². The molecule has 0 aliphatic carbocycles. The summed E-state index contributed by atoms with van der Waals surface area (Å²) in [5.41, 5.74) is 1.72. The molecular formula is C27H27N3O6S. The Balaban J connectivity index is 1.65. The molecule has 0 bridgehead atoms. The minimum absolute atomic E-state index is 0.000259. The van der Waals surface area contributed by atoms with Crippen LogP contribution in [0.3, 0.4) is 0 Å². The number of hydrogen-bond acceptors (Lipinski definition) is 6. The number of amides is 3. The number of imide groups is 1. The van der Waals surface area contributed by atoms with E-state index in [0.29, 0.717) is 23.5 Å². The van der Waals surface area contributed by atoms with Gasteiger partial charge in [-0.05, 0) is 60.5 Å². The Bertz CT molecular complexity index is 1390. The average Bonchev–Trinajstić information content (AvgIpc) is 3.18. The van der Waals surface area contributed by atoms with Crippen LogP contribution in [0.25, 0.3) is 0 Å². The molecule has 1 unspecified atom stereocenters. The fourth-order valence-corrected chi connectivity index (χ4v) is 5.80. The Morgan fingerprint density at radius 1 is 1.00 bits per heavy atom. The molecule has 1 N–H and O–H groups in total. The molecule has 1 fully saturated rings. The molecule has 0 aromatic heterocycles. The predicted molar refractivity (Wildman–Crippen MR) is 139 cm³/mol. The van der Waals surface area contributed by atoms with E-state index in [4.69, 9.17) is 4.74 Å². The van der Waals surface area contributed by atoms with Gasteiger partial charge in [0, 0.05) is 19.2 Å². The van der Waals surface area contributed by atoms with Crippen molar-refractivity contribution in [2.24, 2.45) is 0 Å². The zero-order chi connectivity index (χ0) is 26.6. The molecule has 10 heteroatoms. The van der Waals surface area contributed by atoms with E-state index in [1.54, 1.807) is 12.1 Å². The van der Waals surface area contributed by atoms with Crippen LogP contribution < -0.4 is 15.0 Å². The first-order valence-corrected chi connectivity index (χ1v) is 13.1. The van der Waals surface area contributed by atoms with E-state index >= 15 is 0 Å². The first-order chi connectivity index (χ1) is 17.7. The van der Waals surface area contributed by atoms with Crippen molar-refractivity contribution in [2.75, 3.05) is 23.9 Å². The zero-order valence-corrected chi connectivity index (χ0v) is 21.3. The number of anilines is 2. The SMILES string of the molecule is COc1ccc(S(=O)(=O)N(CCc2ccccc2)C2CC(=O)N(c3ccc(NC(C)=O)cc3)C2=O)cc1. The third-order valence-electron chi connectivity index (χ3n) is 6.05. The van der Waals surface area contributed by atoms with Crippen molar-refractivity contribution in [1.82, 2.24) is 4.31 Å². The molecule has 1 heterocycles. The van der Waals surface area contributed by atoms with Gasteiger partial charge < -0.3 is 10.1 Å². The van der Waals surface area contributed by atoms with E-state index in [9.17, 15) is 22.8 Å². The van der Waals surface area contributed by atoms with Crippen molar-refractivity contribution in [3.05, 3.63) is 84.4 Å². The van der Waals surface area contributed by atoms with Gasteiger partial charge in [-0.2, -0.15) is 4.31 Å². The minimum atomic E-state index is -4.13. The lowest BCUT2D eigenvalue weighted by molar-refractivity contribution is -0.122. The monoisotopic (exact) mass is 521 g/mol. The van der Waals surface area contributed by atoms with Gasteiger partial charge in [-0.25, -0.2) is 13.3 Å². The maximum atomic E-state index is 13.7. The molecule has 9 nitrogen and oxygen atoms in total. The molecule has 3 aromatic rings. The lowest BCUT2D eigenvalue weighted by Crippen LogP contribution is -2.46. The molecule has 4 rings (SSSR count). The standard InChI is InChI=1S/C27H27N3O6S/c1-19(31)28-21-8-10-22(11-9-21)30-26(32)18-25(27(30)33)29(17-16-20-6-4-3-5-7-20)37(34,35)24-14-12-23(36-2)13-15-24/h3-15,25H,16-18H2,1-2H3,(H,28,31). The molecule has 0 saturated carbocycles. The van der Waals surface area contributed by atoms with Gasteiger partial charge in [0.05, 0.1) is 24.1 Å². The Hall–Kier alpha value is -4.02. The maximum absolute atomic E-state index is 13.7. The predicted octanol–water partition coefficient (Wildman–Crippen LogP) is 3.22. The Morgan fingerprint density at radius 2 is 1.65 bits per heavy atom. The van der Waals surface area contributed by atoms with Crippen LogP contribution in [0.2, 0.25) is 0 Å². The number of rotatable bonds is 9. The summed E-state index contributed by atoms with van der Waals surface area (Å²) in [6.45, 7) is 1.39. The van der Waals surface area contributed by atoms with Crippen molar-refractivity contribution in [3.8, 4) is 5.75 Å². The normalized spacial score (nSPS) is 15.8. The highest BCUT2D eigenvalue weighted by Gasteiger charge is 2.46. The summed E-state index contributed by atoms with van der Waals surface area (Å²) in [6, 6.07) is 20.3. The number of nitrogens with zero attached hydrogens (tertiary/aromatic N) is 2. The number of carbonyl (C=O) groups excluding carboxylic acids is 3. The summed E-state index contributed by atoms with van der Waals surface area (Å²) in [5, 5.41) is 2.63. The van der Waals surface area contributed by atoms with E-state index in [1.807, 2.05) is 30.3 Å². The van der Waals surface area contributed by atoms with Gasteiger partial charge >= 0.3 is 0 Å². The summed E-state index contributed by atoms with van der Waals surface area (Å²) in [5.74, 6) is -0.880. The fraction of sp³-hybridized carbons (Fsp3) is 0.222. The van der Waals surface area contributed by atoms with Crippen molar-refractivity contribution >= 4 is 39.1 Å². The van der Waals surface area contributed by atoms with Crippen molar-refractivity contribution in [1.29, 1.82) is 0 Å². The number of sulfonamides is 1. The van der Waals surface area contributed by atoms with Crippen molar-refractivity contribution in [2.45, 2.75) is 30.7 Å². The number of methoxy groups -OCH3 is 1. The molecule has 1 atom stereocenters. The zero-order valence-electron chi connectivity index (χ0n) is 20.5. The maximum Gasteiger partial charge on any atom is 0.252 e. The van der Waals surface area contributed by atoms with Crippen LogP contribution in [0, 0.1) is 0 Å². The quantitative estimate of drug-likeness (QED) is 0.433. The number of ether oxygens (including phenoxy) is 1. The van der Waals surface area contributed by atoms with Crippen molar-refractivity contribution in [3.63, 3.8) is 0 Å². The summed E-state index contributed by atoms with van der Waals surface area (Å²) in [6.07, 6.45) is 0.0794. The fourth-order valence-electron chi connectivity index (χ4n) is 4.22. The van der Waals surface area contributed by atoms with E-state index < -0.39 is 27.9 Å². The highest BCUT2D eigenvalue weighted by atomic mass is 32.2.